The average molecular weight is 288 g/mol. The van der Waals surface area contributed by atoms with E-state index in [-0.39, 0.29) is 6.09 Å². The highest BCUT2D eigenvalue weighted by atomic mass is 32.2. The maximum atomic E-state index is 11.9. The van der Waals surface area contributed by atoms with Crippen LogP contribution in [0.4, 0.5) is 4.79 Å². The number of hydrogen-bond acceptors (Lipinski definition) is 4. The molecule has 1 rings (SSSR count). The van der Waals surface area contributed by atoms with Gasteiger partial charge in [0.15, 0.2) is 0 Å². The number of nitrogens with zero attached hydrogens (tertiary/aromatic N) is 1. The van der Waals surface area contributed by atoms with Crippen molar-refractivity contribution in [2.75, 3.05) is 37.7 Å². The van der Waals surface area contributed by atoms with Crippen molar-refractivity contribution in [1.29, 1.82) is 0 Å². The number of thioether (sulfide) groups is 1. The van der Waals surface area contributed by atoms with Crippen LogP contribution in [0.1, 0.15) is 34.1 Å². The van der Waals surface area contributed by atoms with Gasteiger partial charge in [0.05, 0.1) is 0 Å². The van der Waals surface area contributed by atoms with Crippen LogP contribution in [-0.4, -0.2) is 54.3 Å². The van der Waals surface area contributed by atoms with Gasteiger partial charge in [0.25, 0.3) is 0 Å². The minimum atomic E-state index is -0.418. The van der Waals surface area contributed by atoms with Crippen molar-refractivity contribution in [2.45, 2.75) is 39.7 Å². The first-order valence-corrected chi connectivity index (χ1v) is 8.34. The second kappa shape index (κ2) is 8.00. The second-order valence-corrected chi connectivity index (χ2v) is 7.14. The van der Waals surface area contributed by atoms with E-state index < -0.39 is 5.60 Å². The SMILES string of the molecule is CCN(CCNCC1CCSC1)C(=O)OC(C)(C)C. The average Bonchev–Trinajstić information content (AvgIpc) is 2.79. The van der Waals surface area contributed by atoms with Crippen LogP contribution >= 0.6 is 11.8 Å². The number of carbonyl (C=O) groups excluding carboxylic acids is 1. The maximum absolute atomic E-state index is 11.9. The largest absolute Gasteiger partial charge is 0.444 e. The summed E-state index contributed by atoms with van der Waals surface area (Å²) in [5, 5.41) is 3.45. The molecule has 19 heavy (non-hydrogen) atoms. The fraction of sp³-hybridized carbons (Fsp3) is 0.929. The third-order valence-electron chi connectivity index (χ3n) is 3.05. The third kappa shape index (κ3) is 7.06. The van der Waals surface area contributed by atoms with Crippen LogP contribution in [0.3, 0.4) is 0 Å². The summed E-state index contributed by atoms with van der Waals surface area (Å²) in [5.74, 6) is 3.38. The first kappa shape index (κ1) is 16.6. The quantitative estimate of drug-likeness (QED) is 0.763. The standard InChI is InChI=1S/C14H28N2O2S/c1-5-16(13(17)18-14(2,3)4)8-7-15-10-12-6-9-19-11-12/h12,15H,5-11H2,1-4H3. The Morgan fingerprint density at radius 3 is 2.74 bits per heavy atom. The minimum Gasteiger partial charge on any atom is -0.444 e. The number of carbonyl (C=O) groups is 1. The van der Waals surface area contributed by atoms with Gasteiger partial charge >= 0.3 is 6.09 Å². The molecule has 0 aromatic carbocycles. The van der Waals surface area contributed by atoms with Crippen LogP contribution in [0, 0.1) is 5.92 Å². The Morgan fingerprint density at radius 2 is 2.21 bits per heavy atom. The summed E-state index contributed by atoms with van der Waals surface area (Å²) >= 11 is 2.04. The number of nitrogens with one attached hydrogen (secondary N) is 1. The molecule has 5 heteroatoms. The van der Waals surface area contributed by atoms with E-state index in [2.05, 4.69) is 5.32 Å². The lowest BCUT2D eigenvalue weighted by atomic mass is 10.1. The van der Waals surface area contributed by atoms with Crippen LogP contribution < -0.4 is 5.32 Å². The van der Waals surface area contributed by atoms with Crippen LogP contribution in [0.2, 0.25) is 0 Å². The molecule has 0 bridgehead atoms. The molecule has 0 radical (unpaired) electrons. The van der Waals surface area contributed by atoms with Crippen LogP contribution in [0.5, 0.6) is 0 Å². The topological polar surface area (TPSA) is 41.6 Å². The van der Waals surface area contributed by atoms with E-state index in [4.69, 9.17) is 4.74 Å². The molecule has 1 aliphatic rings. The Kier molecular flexibility index (Phi) is 7.00. The van der Waals surface area contributed by atoms with Crippen molar-refractivity contribution in [1.82, 2.24) is 10.2 Å². The lowest BCUT2D eigenvalue weighted by molar-refractivity contribution is 0.0262. The molecule has 0 aliphatic carbocycles. The molecule has 1 amide bonds. The summed E-state index contributed by atoms with van der Waals surface area (Å²) < 4.78 is 5.38. The monoisotopic (exact) mass is 288 g/mol. The second-order valence-electron chi connectivity index (χ2n) is 5.99. The van der Waals surface area contributed by atoms with Crippen molar-refractivity contribution < 1.29 is 9.53 Å². The van der Waals surface area contributed by atoms with E-state index in [1.54, 1.807) is 4.90 Å². The molecule has 1 aliphatic heterocycles. The molecule has 112 valence electrons. The van der Waals surface area contributed by atoms with E-state index in [0.29, 0.717) is 13.1 Å². The summed E-state index contributed by atoms with van der Waals surface area (Å²) in [7, 11) is 0. The zero-order chi connectivity index (χ0) is 14.3. The van der Waals surface area contributed by atoms with Crippen LogP contribution in [0.25, 0.3) is 0 Å². The minimum absolute atomic E-state index is 0.215. The van der Waals surface area contributed by atoms with E-state index in [1.165, 1.54) is 17.9 Å². The normalized spacial score (nSPS) is 19.5. The fourth-order valence-electron chi connectivity index (χ4n) is 1.97. The summed E-state index contributed by atoms with van der Waals surface area (Å²) in [6.07, 6.45) is 1.11. The van der Waals surface area contributed by atoms with Gasteiger partial charge in [-0.05, 0) is 58.1 Å². The molecule has 1 unspecified atom stereocenters. The number of ether oxygens (including phenoxy) is 1. The van der Waals surface area contributed by atoms with E-state index in [1.807, 2.05) is 39.5 Å². The highest BCUT2D eigenvalue weighted by Gasteiger charge is 2.21. The van der Waals surface area contributed by atoms with Crippen molar-refractivity contribution in [3.63, 3.8) is 0 Å². The van der Waals surface area contributed by atoms with Gasteiger partial charge in [-0.1, -0.05) is 0 Å². The van der Waals surface area contributed by atoms with Gasteiger partial charge in [0.2, 0.25) is 0 Å². The Labute approximate surface area is 121 Å². The van der Waals surface area contributed by atoms with Gasteiger partial charge in [0, 0.05) is 19.6 Å². The molecule has 1 saturated heterocycles. The molecule has 1 atom stereocenters. The Morgan fingerprint density at radius 1 is 1.47 bits per heavy atom. The molecule has 1 heterocycles. The zero-order valence-corrected chi connectivity index (χ0v) is 13.5. The van der Waals surface area contributed by atoms with Crippen LogP contribution in [-0.2, 0) is 4.74 Å². The summed E-state index contributed by atoms with van der Waals surface area (Å²) in [4.78, 5) is 13.7. The molecule has 1 N–H and O–H groups in total. The van der Waals surface area contributed by atoms with Gasteiger partial charge in [-0.25, -0.2) is 4.79 Å². The first-order chi connectivity index (χ1) is 8.92. The smallest absolute Gasteiger partial charge is 0.410 e. The van der Waals surface area contributed by atoms with Crippen LogP contribution in [0.15, 0.2) is 0 Å². The van der Waals surface area contributed by atoms with E-state index in [9.17, 15) is 4.79 Å². The highest BCUT2D eigenvalue weighted by Crippen LogP contribution is 2.22. The van der Waals surface area contributed by atoms with Crippen molar-refractivity contribution in [3.05, 3.63) is 0 Å². The van der Waals surface area contributed by atoms with Gasteiger partial charge in [-0.15, -0.1) is 0 Å². The van der Waals surface area contributed by atoms with Gasteiger partial charge in [-0.2, -0.15) is 11.8 Å². The van der Waals surface area contributed by atoms with E-state index in [0.717, 1.165) is 19.0 Å². The van der Waals surface area contributed by atoms with Crippen molar-refractivity contribution in [3.8, 4) is 0 Å². The number of likely N-dealkylation sites (N-methyl/N-ethyl adjacent to an activating group) is 1. The maximum Gasteiger partial charge on any atom is 0.410 e. The Hall–Kier alpha value is -0.420. The zero-order valence-electron chi connectivity index (χ0n) is 12.7. The summed E-state index contributed by atoms with van der Waals surface area (Å²) in [6.45, 7) is 11.0. The van der Waals surface area contributed by atoms with Gasteiger partial charge in [0.1, 0.15) is 5.60 Å². The van der Waals surface area contributed by atoms with Gasteiger partial charge in [-0.3, -0.25) is 0 Å². The molecule has 1 fully saturated rings. The fourth-order valence-corrected chi connectivity index (χ4v) is 3.25. The molecule has 0 aromatic heterocycles. The molecule has 0 aromatic rings. The van der Waals surface area contributed by atoms with Crippen molar-refractivity contribution in [2.24, 2.45) is 5.92 Å². The lowest BCUT2D eigenvalue weighted by Gasteiger charge is -2.26. The summed E-state index contributed by atoms with van der Waals surface area (Å²) in [5.41, 5.74) is -0.418. The summed E-state index contributed by atoms with van der Waals surface area (Å²) in [6, 6.07) is 0. The molecular formula is C14H28N2O2S. The third-order valence-corrected chi connectivity index (χ3v) is 4.28. The molecule has 0 saturated carbocycles. The molecule has 4 nitrogen and oxygen atoms in total. The predicted octanol–water partition coefficient (Wildman–Crippen LogP) is 2.59. The Bertz CT molecular complexity index is 273. The first-order valence-electron chi connectivity index (χ1n) is 7.18. The Balaban J connectivity index is 2.18. The lowest BCUT2D eigenvalue weighted by Crippen LogP contribution is -2.41. The number of rotatable bonds is 6. The van der Waals surface area contributed by atoms with Crippen molar-refractivity contribution >= 4 is 17.9 Å². The van der Waals surface area contributed by atoms with E-state index >= 15 is 0 Å². The highest BCUT2D eigenvalue weighted by molar-refractivity contribution is 7.99. The van der Waals surface area contributed by atoms with Gasteiger partial charge < -0.3 is 15.0 Å². The molecular weight excluding hydrogens is 260 g/mol. The number of amides is 1. The predicted molar refractivity (Wildman–Crippen MR) is 81.8 cm³/mol. The molecule has 0 spiro atoms. The number of hydrogen-bond donors (Lipinski definition) is 1.